The average Bonchev–Trinajstić information content (AvgIpc) is 3.28. The van der Waals surface area contributed by atoms with Gasteiger partial charge < -0.3 is 15.0 Å². The highest BCUT2D eigenvalue weighted by atomic mass is 16.5. The van der Waals surface area contributed by atoms with Gasteiger partial charge in [0.1, 0.15) is 0 Å². The minimum Gasteiger partial charge on any atom is -0.380 e. The molecule has 2 aliphatic carbocycles. The summed E-state index contributed by atoms with van der Waals surface area (Å²) in [5, 5.41) is 3.51. The summed E-state index contributed by atoms with van der Waals surface area (Å²) in [5.41, 5.74) is 0. The van der Waals surface area contributed by atoms with Crippen molar-refractivity contribution >= 4 is 0 Å². The van der Waals surface area contributed by atoms with Gasteiger partial charge in [0, 0.05) is 39.3 Å². The molecule has 19 heavy (non-hydrogen) atoms. The third kappa shape index (κ3) is 7.91. The van der Waals surface area contributed by atoms with Gasteiger partial charge in [-0.05, 0) is 43.9 Å². The van der Waals surface area contributed by atoms with E-state index in [1.807, 2.05) is 0 Å². The Balaban J connectivity index is 1.42. The first-order chi connectivity index (χ1) is 9.38. The predicted molar refractivity (Wildman–Crippen MR) is 80.5 cm³/mol. The van der Waals surface area contributed by atoms with E-state index >= 15 is 0 Å². The summed E-state index contributed by atoms with van der Waals surface area (Å²) in [6.07, 6.45) is 8.31. The lowest BCUT2D eigenvalue weighted by Crippen LogP contribution is -2.36. The number of unbranched alkanes of at least 4 members (excludes halogenated alkanes) is 1. The van der Waals surface area contributed by atoms with E-state index in [-0.39, 0.29) is 0 Å². The fourth-order valence-corrected chi connectivity index (χ4v) is 2.44. The first kappa shape index (κ1) is 15.3. The maximum atomic E-state index is 5.55. The molecule has 2 aliphatic rings. The SMILES string of the molecule is CCCCOCCNCCN(CC1CC1)CC1CC1. The molecule has 0 unspecified atom stereocenters. The second-order valence-electron chi connectivity index (χ2n) is 6.36. The van der Waals surface area contributed by atoms with Crippen molar-refractivity contribution in [1.82, 2.24) is 10.2 Å². The van der Waals surface area contributed by atoms with Gasteiger partial charge in [0.05, 0.1) is 6.61 Å². The lowest BCUT2D eigenvalue weighted by Gasteiger charge is -2.22. The Bertz CT molecular complexity index is 213. The zero-order chi connectivity index (χ0) is 13.3. The van der Waals surface area contributed by atoms with E-state index in [2.05, 4.69) is 17.1 Å². The molecule has 0 aromatic carbocycles. The van der Waals surface area contributed by atoms with Crippen LogP contribution in [0.15, 0.2) is 0 Å². The Labute approximate surface area is 119 Å². The maximum Gasteiger partial charge on any atom is 0.0590 e. The van der Waals surface area contributed by atoms with Crippen LogP contribution in [0.3, 0.4) is 0 Å². The lowest BCUT2D eigenvalue weighted by atomic mass is 10.3. The molecule has 2 saturated carbocycles. The number of rotatable bonds is 13. The number of ether oxygens (including phenoxy) is 1. The highest BCUT2D eigenvalue weighted by Gasteiger charge is 2.28. The molecule has 3 nitrogen and oxygen atoms in total. The monoisotopic (exact) mass is 268 g/mol. The molecule has 0 amide bonds. The highest BCUT2D eigenvalue weighted by Crippen LogP contribution is 2.33. The minimum absolute atomic E-state index is 0.866. The molecule has 0 aromatic rings. The summed E-state index contributed by atoms with van der Waals surface area (Å²) in [4.78, 5) is 2.69. The molecular formula is C16H32N2O. The molecule has 0 spiro atoms. The molecular weight excluding hydrogens is 236 g/mol. The van der Waals surface area contributed by atoms with Crippen molar-refractivity contribution in [2.24, 2.45) is 11.8 Å². The molecule has 3 heteroatoms. The van der Waals surface area contributed by atoms with Gasteiger partial charge in [-0.3, -0.25) is 0 Å². The molecule has 0 aromatic heterocycles. The zero-order valence-corrected chi connectivity index (χ0v) is 12.7. The summed E-state index contributed by atoms with van der Waals surface area (Å²) in [7, 11) is 0. The molecule has 0 atom stereocenters. The Morgan fingerprint density at radius 2 is 1.68 bits per heavy atom. The summed E-state index contributed by atoms with van der Waals surface area (Å²) in [6, 6.07) is 0. The Hall–Kier alpha value is -0.120. The molecule has 0 bridgehead atoms. The van der Waals surface area contributed by atoms with Crippen LogP contribution >= 0.6 is 0 Å². The Morgan fingerprint density at radius 3 is 2.26 bits per heavy atom. The van der Waals surface area contributed by atoms with Gasteiger partial charge in [-0.2, -0.15) is 0 Å². The van der Waals surface area contributed by atoms with E-state index in [0.717, 1.165) is 38.1 Å². The number of nitrogens with zero attached hydrogens (tertiary/aromatic N) is 1. The first-order valence-electron chi connectivity index (χ1n) is 8.39. The zero-order valence-electron chi connectivity index (χ0n) is 12.7. The second kappa shape index (κ2) is 8.93. The standard InChI is InChI=1S/C16H32N2O/c1-2-3-11-19-12-9-17-8-10-18(13-15-4-5-15)14-16-6-7-16/h15-17H,2-14H2,1H3. The molecule has 1 N–H and O–H groups in total. The fourth-order valence-electron chi connectivity index (χ4n) is 2.44. The predicted octanol–water partition coefficient (Wildman–Crippen LogP) is 2.51. The van der Waals surface area contributed by atoms with Crippen LogP contribution in [-0.4, -0.2) is 50.8 Å². The van der Waals surface area contributed by atoms with Gasteiger partial charge in [0.15, 0.2) is 0 Å². The van der Waals surface area contributed by atoms with E-state index < -0.39 is 0 Å². The van der Waals surface area contributed by atoms with Crippen LogP contribution in [0.2, 0.25) is 0 Å². The van der Waals surface area contributed by atoms with Crippen LogP contribution in [-0.2, 0) is 4.74 Å². The smallest absolute Gasteiger partial charge is 0.0590 e. The van der Waals surface area contributed by atoms with Crippen molar-refractivity contribution in [2.45, 2.75) is 45.4 Å². The molecule has 2 rings (SSSR count). The van der Waals surface area contributed by atoms with Crippen molar-refractivity contribution in [3.63, 3.8) is 0 Å². The fraction of sp³-hybridized carbons (Fsp3) is 1.00. The van der Waals surface area contributed by atoms with Gasteiger partial charge in [-0.1, -0.05) is 13.3 Å². The molecule has 112 valence electrons. The lowest BCUT2D eigenvalue weighted by molar-refractivity contribution is 0.132. The van der Waals surface area contributed by atoms with Crippen LogP contribution in [0.5, 0.6) is 0 Å². The summed E-state index contributed by atoms with van der Waals surface area (Å²) < 4.78 is 5.55. The van der Waals surface area contributed by atoms with Crippen molar-refractivity contribution < 1.29 is 4.74 Å². The van der Waals surface area contributed by atoms with Crippen LogP contribution in [0.4, 0.5) is 0 Å². The molecule has 2 fully saturated rings. The highest BCUT2D eigenvalue weighted by molar-refractivity contribution is 4.82. The van der Waals surface area contributed by atoms with Crippen LogP contribution in [0, 0.1) is 11.8 Å². The normalized spacial score (nSPS) is 19.3. The van der Waals surface area contributed by atoms with E-state index in [4.69, 9.17) is 4.74 Å². The van der Waals surface area contributed by atoms with Crippen LogP contribution in [0.25, 0.3) is 0 Å². The largest absolute Gasteiger partial charge is 0.380 e. The van der Waals surface area contributed by atoms with Gasteiger partial charge in [0.2, 0.25) is 0 Å². The minimum atomic E-state index is 0.866. The van der Waals surface area contributed by atoms with E-state index in [0.29, 0.717) is 0 Å². The van der Waals surface area contributed by atoms with Crippen molar-refractivity contribution in [3.05, 3.63) is 0 Å². The summed E-state index contributed by atoms with van der Waals surface area (Å²) in [6.45, 7) is 10.0. The van der Waals surface area contributed by atoms with Crippen molar-refractivity contribution in [3.8, 4) is 0 Å². The van der Waals surface area contributed by atoms with E-state index in [9.17, 15) is 0 Å². The van der Waals surface area contributed by atoms with Crippen molar-refractivity contribution in [2.75, 3.05) is 45.9 Å². The Kier molecular flexibility index (Phi) is 7.18. The topological polar surface area (TPSA) is 24.5 Å². The maximum absolute atomic E-state index is 5.55. The number of hydrogen-bond donors (Lipinski definition) is 1. The molecule has 0 radical (unpaired) electrons. The first-order valence-corrected chi connectivity index (χ1v) is 8.39. The summed E-state index contributed by atoms with van der Waals surface area (Å²) >= 11 is 0. The van der Waals surface area contributed by atoms with Gasteiger partial charge >= 0.3 is 0 Å². The third-order valence-corrected chi connectivity index (χ3v) is 4.10. The second-order valence-corrected chi connectivity index (χ2v) is 6.36. The van der Waals surface area contributed by atoms with Gasteiger partial charge in [-0.15, -0.1) is 0 Å². The average molecular weight is 268 g/mol. The third-order valence-electron chi connectivity index (χ3n) is 4.10. The van der Waals surface area contributed by atoms with Crippen molar-refractivity contribution in [1.29, 1.82) is 0 Å². The molecule has 0 aliphatic heterocycles. The number of nitrogens with one attached hydrogen (secondary N) is 1. The van der Waals surface area contributed by atoms with E-state index in [1.54, 1.807) is 0 Å². The van der Waals surface area contributed by atoms with Gasteiger partial charge in [-0.25, -0.2) is 0 Å². The summed E-state index contributed by atoms with van der Waals surface area (Å²) in [5.74, 6) is 2.05. The molecule has 0 saturated heterocycles. The quantitative estimate of drug-likeness (QED) is 0.520. The molecule has 0 heterocycles. The van der Waals surface area contributed by atoms with Gasteiger partial charge in [0.25, 0.3) is 0 Å². The van der Waals surface area contributed by atoms with Crippen LogP contribution < -0.4 is 5.32 Å². The number of hydrogen-bond acceptors (Lipinski definition) is 3. The van der Waals surface area contributed by atoms with E-state index in [1.165, 1.54) is 58.2 Å². The Morgan fingerprint density at radius 1 is 1.00 bits per heavy atom. The van der Waals surface area contributed by atoms with Crippen LogP contribution in [0.1, 0.15) is 45.4 Å².